The number of para-hydroxylation sites is 2. The molecule has 7 nitrogen and oxygen atoms in total. The second kappa shape index (κ2) is 8.01. The Morgan fingerprint density at radius 2 is 1.71 bits per heavy atom. The lowest BCUT2D eigenvalue weighted by molar-refractivity contribution is -0.143. The molecule has 0 N–H and O–H groups in total. The van der Waals surface area contributed by atoms with Gasteiger partial charge in [0.2, 0.25) is 11.6 Å². The molecule has 2 aromatic heterocycles. The number of carbonyl (C=O) groups is 1. The fraction of sp³-hybridized carbons (Fsp3) is 0.333. The van der Waals surface area contributed by atoms with E-state index in [0.29, 0.717) is 26.2 Å². The van der Waals surface area contributed by atoms with Crippen LogP contribution in [-0.4, -0.2) is 51.5 Å². The number of halogens is 3. The molecule has 0 bridgehead atoms. The number of nitrogens with zero attached hydrogens (tertiary/aromatic N) is 5. The van der Waals surface area contributed by atoms with Crippen molar-refractivity contribution in [2.75, 3.05) is 31.1 Å². The second-order valence-corrected chi connectivity index (χ2v) is 7.30. The lowest BCUT2D eigenvalue weighted by atomic mass is 10.2. The van der Waals surface area contributed by atoms with Crippen LogP contribution >= 0.6 is 0 Å². The minimum Gasteiger partial charge on any atom is -0.353 e. The number of benzene rings is 1. The normalized spacial score (nSPS) is 15.9. The predicted octanol–water partition coefficient (Wildman–Crippen LogP) is 2.72. The van der Waals surface area contributed by atoms with Crippen LogP contribution in [0.15, 0.2) is 53.5 Å². The first-order chi connectivity index (χ1) is 14.8. The largest absolute Gasteiger partial charge is 0.438 e. The molecule has 1 aliphatic rings. The number of pyridine rings is 1. The molecule has 1 atom stereocenters. The summed E-state index contributed by atoms with van der Waals surface area (Å²) < 4.78 is 41.1. The van der Waals surface area contributed by atoms with Gasteiger partial charge in [-0.15, -0.1) is 0 Å². The summed E-state index contributed by atoms with van der Waals surface area (Å²) in [6.07, 6.45) is -3.23. The molecular formula is C21H20F3N5O2. The topological polar surface area (TPSA) is 71.3 Å². The standard InChI is InChI=1S/C21H20F3N5O2/c1-14(19(30)28-12-10-27(11-13-28)17-8-4-5-9-25-17)29-16-7-3-2-6-15(16)26-18(20(29)31)21(22,23)24/h2-9,14H,10-13H2,1H3. The van der Waals surface area contributed by atoms with Gasteiger partial charge < -0.3 is 9.80 Å². The van der Waals surface area contributed by atoms with Gasteiger partial charge in [0.15, 0.2) is 0 Å². The highest BCUT2D eigenvalue weighted by Gasteiger charge is 2.39. The van der Waals surface area contributed by atoms with E-state index in [9.17, 15) is 22.8 Å². The maximum absolute atomic E-state index is 13.4. The Balaban J connectivity index is 1.62. The van der Waals surface area contributed by atoms with E-state index in [4.69, 9.17) is 0 Å². The molecule has 1 unspecified atom stereocenters. The molecule has 3 heterocycles. The molecule has 1 amide bonds. The zero-order valence-electron chi connectivity index (χ0n) is 16.7. The zero-order chi connectivity index (χ0) is 22.2. The van der Waals surface area contributed by atoms with Gasteiger partial charge in [0.1, 0.15) is 11.9 Å². The Bertz CT molecular complexity index is 1160. The van der Waals surface area contributed by atoms with Crippen LogP contribution in [0.1, 0.15) is 18.7 Å². The van der Waals surface area contributed by atoms with Crippen molar-refractivity contribution in [2.24, 2.45) is 0 Å². The summed E-state index contributed by atoms with van der Waals surface area (Å²) in [4.78, 5) is 37.2. The molecule has 1 aliphatic heterocycles. The van der Waals surface area contributed by atoms with Crippen LogP contribution in [0.4, 0.5) is 19.0 Å². The summed E-state index contributed by atoms with van der Waals surface area (Å²) in [7, 11) is 0. The van der Waals surface area contributed by atoms with Crippen molar-refractivity contribution in [1.82, 2.24) is 19.4 Å². The third-order valence-electron chi connectivity index (χ3n) is 5.37. The summed E-state index contributed by atoms with van der Waals surface area (Å²) in [6.45, 7) is 3.28. The van der Waals surface area contributed by atoms with Crippen LogP contribution in [-0.2, 0) is 11.0 Å². The Labute approximate surface area is 175 Å². The SMILES string of the molecule is CC(C(=O)N1CCN(c2ccccn2)CC1)n1c(=O)c(C(F)(F)F)nc2ccccc21. The maximum Gasteiger partial charge on any atom is 0.438 e. The summed E-state index contributed by atoms with van der Waals surface area (Å²) >= 11 is 0. The Morgan fingerprint density at radius 1 is 1.03 bits per heavy atom. The summed E-state index contributed by atoms with van der Waals surface area (Å²) in [5.41, 5.74) is -2.65. The Kier molecular flexibility index (Phi) is 5.38. The average Bonchev–Trinajstić information content (AvgIpc) is 2.78. The Morgan fingerprint density at radius 3 is 2.35 bits per heavy atom. The molecule has 10 heteroatoms. The van der Waals surface area contributed by atoms with Crippen molar-refractivity contribution in [2.45, 2.75) is 19.1 Å². The summed E-state index contributed by atoms with van der Waals surface area (Å²) in [5, 5.41) is 0. The molecular weight excluding hydrogens is 411 g/mol. The maximum atomic E-state index is 13.4. The van der Waals surface area contributed by atoms with Crippen LogP contribution in [0, 0.1) is 0 Å². The van der Waals surface area contributed by atoms with Gasteiger partial charge in [-0.3, -0.25) is 14.2 Å². The third kappa shape index (κ3) is 3.97. The molecule has 3 aromatic rings. The molecule has 0 radical (unpaired) electrons. The van der Waals surface area contributed by atoms with Crippen molar-refractivity contribution < 1.29 is 18.0 Å². The van der Waals surface area contributed by atoms with E-state index in [2.05, 4.69) is 9.97 Å². The number of piperazine rings is 1. The molecule has 0 saturated carbocycles. The summed E-state index contributed by atoms with van der Waals surface area (Å²) in [6, 6.07) is 10.5. The monoisotopic (exact) mass is 431 g/mol. The van der Waals surface area contributed by atoms with Gasteiger partial charge in [-0.25, -0.2) is 9.97 Å². The van der Waals surface area contributed by atoms with Gasteiger partial charge in [0, 0.05) is 32.4 Å². The number of aromatic nitrogens is 3. The van der Waals surface area contributed by atoms with E-state index in [1.165, 1.54) is 25.1 Å². The van der Waals surface area contributed by atoms with Gasteiger partial charge in [-0.2, -0.15) is 13.2 Å². The van der Waals surface area contributed by atoms with E-state index in [-0.39, 0.29) is 11.0 Å². The van der Waals surface area contributed by atoms with Crippen molar-refractivity contribution >= 4 is 22.8 Å². The van der Waals surface area contributed by atoms with Crippen LogP contribution in [0.2, 0.25) is 0 Å². The lowest BCUT2D eigenvalue weighted by Gasteiger charge is -2.36. The third-order valence-corrected chi connectivity index (χ3v) is 5.37. The van der Waals surface area contributed by atoms with Crippen molar-refractivity contribution in [1.29, 1.82) is 0 Å². The van der Waals surface area contributed by atoms with Gasteiger partial charge >= 0.3 is 6.18 Å². The van der Waals surface area contributed by atoms with Crippen LogP contribution in [0.25, 0.3) is 11.0 Å². The number of anilines is 1. The number of rotatable bonds is 3. The van der Waals surface area contributed by atoms with E-state index >= 15 is 0 Å². The molecule has 4 rings (SSSR count). The molecule has 1 aromatic carbocycles. The number of alkyl halides is 3. The van der Waals surface area contributed by atoms with E-state index in [1.54, 1.807) is 17.2 Å². The number of hydrogen-bond acceptors (Lipinski definition) is 5. The van der Waals surface area contributed by atoms with Crippen LogP contribution in [0.5, 0.6) is 0 Å². The molecule has 162 valence electrons. The van der Waals surface area contributed by atoms with E-state index < -0.39 is 29.4 Å². The first-order valence-corrected chi connectivity index (χ1v) is 9.80. The van der Waals surface area contributed by atoms with E-state index in [0.717, 1.165) is 10.4 Å². The first kappa shape index (κ1) is 20.8. The first-order valence-electron chi connectivity index (χ1n) is 9.80. The van der Waals surface area contributed by atoms with Gasteiger partial charge in [-0.1, -0.05) is 18.2 Å². The average molecular weight is 431 g/mol. The number of fused-ring (bicyclic) bond motifs is 1. The van der Waals surface area contributed by atoms with Crippen LogP contribution < -0.4 is 10.5 Å². The molecule has 0 aliphatic carbocycles. The minimum absolute atomic E-state index is 0.00838. The zero-order valence-corrected chi connectivity index (χ0v) is 16.7. The smallest absolute Gasteiger partial charge is 0.353 e. The number of carbonyl (C=O) groups excluding carboxylic acids is 1. The van der Waals surface area contributed by atoms with Crippen molar-refractivity contribution in [3.05, 3.63) is 64.7 Å². The van der Waals surface area contributed by atoms with E-state index in [1.807, 2.05) is 23.1 Å². The fourth-order valence-electron chi connectivity index (χ4n) is 3.79. The quantitative estimate of drug-likeness (QED) is 0.638. The number of hydrogen-bond donors (Lipinski definition) is 0. The highest BCUT2D eigenvalue weighted by molar-refractivity contribution is 5.83. The lowest BCUT2D eigenvalue weighted by Crippen LogP contribution is -2.51. The van der Waals surface area contributed by atoms with Crippen molar-refractivity contribution in [3.8, 4) is 0 Å². The Hall–Kier alpha value is -3.43. The molecule has 31 heavy (non-hydrogen) atoms. The predicted molar refractivity (Wildman–Crippen MR) is 109 cm³/mol. The van der Waals surface area contributed by atoms with Crippen LogP contribution in [0.3, 0.4) is 0 Å². The van der Waals surface area contributed by atoms with Crippen molar-refractivity contribution in [3.63, 3.8) is 0 Å². The highest BCUT2D eigenvalue weighted by Crippen LogP contribution is 2.27. The minimum atomic E-state index is -4.92. The molecule has 1 fully saturated rings. The van der Waals surface area contributed by atoms with Gasteiger partial charge in [-0.05, 0) is 31.2 Å². The molecule has 1 saturated heterocycles. The summed E-state index contributed by atoms with van der Waals surface area (Å²) in [5.74, 6) is 0.390. The highest BCUT2D eigenvalue weighted by atomic mass is 19.4. The van der Waals surface area contributed by atoms with Gasteiger partial charge in [0.25, 0.3) is 5.56 Å². The fourth-order valence-corrected chi connectivity index (χ4v) is 3.79. The second-order valence-electron chi connectivity index (χ2n) is 7.30. The number of amides is 1. The van der Waals surface area contributed by atoms with Gasteiger partial charge in [0.05, 0.1) is 11.0 Å². The molecule has 0 spiro atoms.